The summed E-state index contributed by atoms with van der Waals surface area (Å²) in [5.74, 6) is 2.35. The highest BCUT2D eigenvalue weighted by atomic mass is 19.1. The monoisotopic (exact) mass is 441 g/mol. The topological polar surface area (TPSA) is 56.0 Å². The zero-order valence-corrected chi connectivity index (χ0v) is 19.1. The first-order valence-electron chi connectivity index (χ1n) is 11.9. The Morgan fingerprint density at radius 2 is 1.88 bits per heavy atom. The number of nitrogens with zero attached hydrogens (tertiary/aromatic N) is 3. The molecule has 2 fully saturated rings. The summed E-state index contributed by atoms with van der Waals surface area (Å²) in [4.78, 5) is 9.27. The van der Waals surface area contributed by atoms with E-state index in [1.54, 1.807) is 18.4 Å². The molecule has 0 saturated carbocycles. The molecule has 0 amide bonds. The predicted octanol–water partition coefficient (Wildman–Crippen LogP) is 3.63. The van der Waals surface area contributed by atoms with E-state index in [1.165, 1.54) is 12.8 Å². The SMILES string of the molecule is CN=C(NCC1CCN(Cc2ccccc2F)CC1)NCC(c1ccco1)N1CCCC1. The number of hydrogen-bond donors (Lipinski definition) is 2. The molecular formula is C25H36FN5O. The summed E-state index contributed by atoms with van der Waals surface area (Å²) < 4.78 is 19.6. The third kappa shape index (κ3) is 6.11. The van der Waals surface area contributed by atoms with Crippen LogP contribution >= 0.6 is 0 Å². The summed E-state index contributed by atoms with van der Waals surface area (Å²) >= 11 is 0. The molecule has 2 aromatic rings. The maximum Gasteiger partial charge on any atom is 0.191 e. The number of hydrogen-bond acceptors (Lipinski definition) is 4. The number of nitrogens with one attached hydrogen (secondary N) is 2. The molecule has 2 aliphatic rings. The molecule has 1 aromatic carbocycles. The van der Waals surface area contributed by atoms with E-state index in [1.807, 2.05) is 25.2 Å². The third-order valence-corrected chi connectivity index (χ3v) is 6.76. The molecule has 2 saturated heterocycles. The van der Waals surface area contributed by atoms with Crippen LogP contribution in [0.1, 0.15) is 43.0 Å². The van der Waals surface area contributed by atoms with Crippen LogP contribution < -0.4 is 10.6 Å². The van der Waals surface area contributed by atoms with E-state index in [9.17, 15) is 4.39 Å². The van der Waals surface area contributed by atoms with Gasteiger partial charge in [0.1, 0.15) is 11.6 Å². The first-order valence-corrected chi connectivity index (χ1v) is 11.9. The van der Waals surface area contributed by atoms with Crippen molar-refractivity contribution in [2.75, 3.05) is 46.3 Å². The van der Waals surface area contributed by atoms with Crippen LogP contribution in [0.2, 0.25) is 0 Å². The van der Waals surface area contributed by atoms with E-state index in [2.05, 4.69) is 31.5 Å². The number of halogens is 1. The lowest BCUT2D eigenvalue weighted by Crippen LogP contribution is -2.45. The Balaban J connectivity index is 1.20. The van der Waals surface area contributed by atoms with Gasteiger partial charge in [-0.2, -0.15) is 0 Å². The first-order chi connectivity index (χ1) is 15.7. The Labute approximate surface area is 190 Å². The quantitative estimate of drug-likeness (QED) is 0.484. The molecular weight excluding hydrogens is 405 g/mol. The summed E-state index contributed by atoms with van der Waals surface area (Å²) in [6, 6.07) is 11.3. The summed E-state index contributed by atoms with van der Waals surface area (Å²) in [6.07, 6.45) is 6.48. The van der Waals surface area contributed by atoms with Crippen molar-refractivity contribution in [3.8, 4) is 0 Å². The highest BCUT2D eigenvalue weighted by molar-refractivity contribution is 5.79. The van der Waals surface area contributed by atoms with Gasteiger partial charge in [-0.05, 0) is 76.0 Å². The van der Waals surface area contributed by atoms with Gasteiger partial charge in [0.25, 0.3) is 0 Å². The summed E-state index contributed by atoms with van der Waals surface area (Å²) in [5, 5.41) is 7.02. The van der Waals surface area contributed by atoms with Crippen LogP contribution in [0.15, 0.2) is 52.1 Å². The van der Waals surface area contributed by atoms with Gasteiger partial charge in [0.15, 0.2) is 5.96 Å². The van der Waals surface area contributed by atoms with E-state index < -0.39 is 0 Å². The van der Waals surface area contributed by atoms with Gasteiger partial charge in [-0.15, -0.1) is 0 Å². The Morgan fingerprint density at radius 1 is 1.09 bits per heavy atom. The zero-order chi connectivity index (χ0) is 22.2. The molecule has 0 radical (unpaired) electrons. The maximum atomic E-state index is 13.9. The van der Waals surface area contributed by atoms with Crippen molar-refractivity contribution in [1.82, 2.24) is 20.4 Å². The van der Waals surface area contributed by atoms with E-state index >= 15 is 0 Å². The first kappa shape index (κ1) is 22.8. The van der Waals surface area contributed by atoms with Crippen molar-refractivity contribution in [3.05, 3.63) is 59.8 Å². The minimum atomic E-state index is -0.104. The van der Waals surface area contributed by atoms with Crippen molar-refractivity contribution >= 4 is 5.96 Å². The molecule has 0 bridgehead atoms. The van der Waals surface area contributed by atoms with Crippen LogP contribution in [-0.4, -0.2) is 62.1 Å². The second-order valence-electron chi connectivity index (χ2n) is 8.92. The fourth-order valence-corrected chi connectivity index (χ4v) is 4.81. The minimum absolute atomic E-state index is 0.104. The highest BCUT2D eigenvalue weighted by Crippen LogP contribution is 2.25. The van der Waals surface area contributed by atoms with E-state index in [4.69, 9.17) is 4.42 Å². The van der Waals surface area contributed by atoms with Gasteiger partial charge in [0.05, 0.1) is 12.3 Å². The Kier molecular flexibility index (Phi) is 8.18. The van der Waals surface area contributed by atoms with Gasteiger partial charge in [-0.1, -0.05) is 18.2 Å². The normalized spacial score (nSPS) is 19.9. The van der Waals surface area contributed by atoms with Crippen molar-refractivity contribution in [3.63, 3.8) is 0 Å². The van der Waals surface area contributed by atoms with Gasteiger partial charge in [-0.25, -0.2) is 4.39 Å². The molecule has 32 heavy (non-hydrogen) atoms. The second kappa shape index (κ2) is 11.5. The van der Waals surface area contributed by atoms with E-state index in [-0.39, 0.29) is 11.9 Å². The number of likely N-dealkylation sites (tertiary alicyclic amines) is 2. The van der Waals surface area contributed by atoms with Crippen molar-refractivity contribution in [2.45, 2.75) is 38.3 Å². The van der Waals surface area contributed by atoms with Crippen molar-refractivity contribution < 1.29 is 8.81 Å². The van der Waals surface area contributed by atoms with Gasteiger partial charge in [0, 0.05) is 32.2 Å². The molecule has 0 aliphatic carbocycles. The third-order valence-electron chi connectivity index (χ3n) is 6.76. The number of benzene rings is 1. The van der Waals surface area contributed by atoms with Crippen molar-refractivity contribution in [2.24, 2.45) is 10.9 Å². The molecule has 1 aromatic heterocycles. The van der Waals surface area contributed by atoms with Gasteiger partial charge >= 0.3 is 0 Å². The van der Waals surface area contributed by atoms with Crippen LogP contribution in [0.3, 0.4) is 0 Å². The van der Waals surface area contributed by atoms with Crippen LogP contribution in [0.5, 0.6) is 0 Å². The number of aliphatic imine (C=N–C) groups is 1. The van der Waals surface area contributed by atoms with Gasteiger partial charge < -0.3 is 15.1 Å². The molecule has 1 atom stereocenters. The number of piperidine rings is 1. The maximum absolute atomic E-state index is 13.9. The second-order valence-corrected chi connectivity index (χ2v) is 8.92. The zero-order valence-electron chi connectivity index (χ0n) is 19.1. The molecule has 174 valence electrons. The lowest BCUT2D eigenvalue weighted by atomic mass is 9.96. The Bertz CT molecular complexity index is 842. The summed E-state index contributed by atoms with van der Waals surface area (Å²) in [6.45, 7) is 6.61. The predicted molar refractivity (Wildman–Crippen MR) is 126 cm³/mol. The largest absolute Gasteiger partial charge is 0.468 e. The molecule has 2 N–H and O–H groups in total. The van der Waals surface area contributed by atoms with E-state index in [0.717, 1.165) is 69.4 Å². The summed E-state index contributed by atoms with van der Waals surface area (Å²) in [5.41, 5.74) is 0.790. The molecule has 4 rings (SSSR count). The number of rotatable bonds is 8. The lowest BCUT2D eigenvalue weighted by Gasteiger charge is -2.32. The standard InChI is InChI=1S/C25H36FN5O/c1-27-25(29-18-23(24-9-6-16-32-24)31-12-4-5-13-31)28-17-20-10-14-30(15-11-20)19-21-7-2-3-8-22(21)26/h2-3,6-9,16,20,23H,4-5,10-15,17-19H2,1H3,(H2,27,28,29). The van der Waals surface area contributed by atoms with Crippen LogP contribution in [0, 0.1) is 11.7 Å². The summed E-state index contributed by atoms with van der Waals surface area (Å²) in [7, 11) is 1.82. The van der Waals surface area contributed by atoms with Gasteiger partial charge in [-0.3, -0.25) is 14.8 Å². The minimum Gasteiger partial charge on any atom is -0.468 e. The van der Waals surface area contributed by atoms with Crippen LogP contribution in [-0.2, 0) is 6.54 Å². The van der Waals surface area contributed by atoms with Crippen LogP contribution in [0.25, 0.3) is 0 Å². The molecule has 2 aliphatic heterocycles. The van der Waals surface area contributed by atoms with Crippen LogP contribution in [0.4, 0.5) is 4.39 Å². The number of guanidine groups is 1. The van der Waals surface area contributed by atoms with Crippen molar-refractivity contribution in [1.29, 1.82) is 0 Å². The lowest BCUT2D eigenvalue weighted by molar-refractivity contribution is 0.176. The molecule has 0 spiro atoms. The average Bonchev–Trinajstić information content (AvgIpc) is 3.54. The molecule has 3 heterocycles. The molecule has 7 heteroatoms. The molecule has 6 nitrogen and oxygen atoms in total. The Morgan fingerprint density at radius 3 is 2.56 bits per heavy atom. The van der Waals surface area contributed by atoms with Gasteiger partial charge in [0.2, 0.25) is 0 Å². The fourth-order valence-electron chi connectivity index (χ4n) is 4.81. The fraction of sp³-hybridized carbons (Fsp3) is 0.560. The molecule has 1 unspecified atom stereocenters. The average molecular weight is 442 g/mol. The highest BCUT2D eigenvalue weighted by Gasteiger charge is 2.26. The smallest absolute Gasteiger partial charge is 0.191 e. The number of furan rings is 1. The van der Waals surface area contributed by atoms with E-state index in [0.29, 0.717) is 12.5 Å². The Hall–Kier alpha value is -2.38.